The van der Waals surface area contributed by atoms with Crippen LogP contribution in [0.25, 0.3) is 10.8 Å². The minimum atomic E-state index is -1.19. The number of hydrogen-bond acceptors (Lipinski definition) is 3. The molecular weight excluding hydrogens is 346 g/mol. The molecule has 0 saturated heterocycles. The molecule has 142 valence electrons. The molecule has 4 N–H and O–H groups in total. The van der Waals surface area contributed by atoms with Gasteiger partial charge >= 0.3 is 6.09 Å². The van der Waals surface area contributed by atoms with Crippen LogP contribution in [0.1, 0.15) is 32.3 Å². The number of carbonyl (C=O) groups excluding carboxylic acids is 2. The first-order valence-electron chi connectivity index (χ1n) is 8.87. The summed E-state index contributed by atoms with van der Waals surface area (Å²) >= 11 is 0. The average Bonchev–Trinajstić information content (AvgIpc) is 2.72. The zero-order valence-corrected chi connectivity index (χ0v) is 15.3. The smallest absolute Gasteiger partial charge is 0.405 e. The van der Waals surface area contributed by atoms with Gasteiger partial charge in [-0.05, 0) is 49.1 Å². The molecule has 0 aromatic heterocycles. The van der Waals surface area contributed by atoms with E-state index in [-0.39, 0.29) is 18.2 Å². The van der Waals surface area contributed by atoms with Crippen LogP contribution < -0.4 is 16.0 Å². The van der Waals surface area contributed by atoms with E-state index in [1.165, 1.54) is 0 Å². The standard InChI is InChI=1S/C20H23N3O4/c1-20(2,23-19(26)27)11-17(24)21-16-10-8-14-13-6-4-3-5-12(13)7-9-15(14)22-18(16)25/h3-7,9,16,23H,8,10-11H2,1-2H3,(H,21,24)(H,22,25)(H,26,27). The molecule has 1 unspecified atom stereocenters. The Balaban J connectivity index is 1.72. The summed E-state index contributed by atoms with van der Waals surface area (Å²) in [6.45, 7) is 3.24. The first kappa shape index (κ1) is 18.7. The van der Waals surface area contributed by atoms with Gasteiger partial charge in [-0.25, -0.2) is 4.79 Å². The van der Waals surface area contributed by atoms with Crippen LogP contribution in [0.5, 0.6) is 0 Å². The van der Waals surface area contributed by atoms with Gasteiger partial charge in [-0.1, -0.05) is 30.3 Å². The predicted octanol–water partition coefficient (Wildman–Crippen LogP) is 2.65. The summed E-state index contributed by atoms with van der Waals surface area (Å²) in [5.41, 5.74) is 0.908. The lowest BCUT2D eigenvalue weighted by atomic mass is 9.98. The monoisotopic (exact) mass is 369 g/mol. The van der Waals surface area contributed by atoms with Crippen LogP contribution in [-0.4, -0.2) is 34.6 Å². The Bertz CT molecular complexity index is 907. The molecule has 7 heteroatoms. The average molecular weight is 369 g/mol. The topological polar surface area (TPSA) is 108 Å². The number of carboxylic acid groups (broad SMARTS) is 1. The Labute approximate surface area is 157 Å². The number of anilines is 1. The van der Waals surface area contributed by atoms with Gasteiger partial charge < -0.3 is 21.1 Å². The van der Waals surface area contributed by atoms with Gasteiger partial charge in [-0.2, -0.15) is 0 Å². The molecule has 1 heterocycles. The second kappa shape index (κ2) is 7.26. The van der Waals surface area contributed by atoms with E-state index < -0.39 is 17.7 Å². The third kappa shape index (κ3) is 4.36. The van der Waals surface area contributed by atoms with Crippen molar-refractivity contribution in [2.75, 3.05) is 5.32 Å². The van der Waals surface area contributed by atoms with Gasteiger partial charge in [0.15, 0.2) is 0 Å². The summed E-state index contributed by atoms with van der Waals surface area (Å²) in [4.78, 5) is 35.7. The first-order valence-corrected chi connectivity index (χ1v) is 8.87. The van der Waals surface area contributed by atoms with Crippen LogP contribution in [0, 0.1) is 0 Å². The predicted molar refractivity (Wildman–Crippen MR) is 103 cm³/mol. The maximum Gasteiger partial charge on any atom is 0.405 e. The maximum absolute atomic E-state index is 12.6. The lowest BCUT2D eigenvalue weighted by molar-refractivity contribution is -0.127. The number of benzene rings is 2. The number of amides is 3. The van der Waals surface area contributed by atoms with Gasteiger partial charge in [-0.15, -0.1) is 0 Å². The van der Waals surface area contributed by atoms with E-state index >= 15 is 0 Å². The zero-order valence-electron chi connectivity index (χ0n) is 15.3. The summed E-state index contributed by atoms with van der Waals surface area (Å²) in [5.74, 6) is -0.633. The van der Waals surface area contributed by atoms with Gasteiger partial charge in [0.1, 0.15) is 6.04 Å². The zero-order chi connectivity index (χ0) is 19.6. The van der Waals surface area contributed by atoms with Gasteiger partial charge in [0.05, 0.1) is 0 Å². The molecule has 0 fully saturated rings. The number of nitrogens with one attached hydrogen (secondary N) is 3. The number of carbonyl (C=O) groups is 3. The second-order valence-corrected chi connectivity index (χ2v) is 7.45. The van der Waals surface area contributed by atoms with E-state index in [1.807, 2.05) is 36.4 Å². The minimum absolute atomic E-state index is 0.0566. The van der Waals surface area contributed by atoms with Gasteiger partial charge in [0.25, 0.3) is 0 Å². The highest BCUT2D eigenvalue weighted by Crippen LogP contribution is 2.30. The van der Waals surface area contributed by atoms with Crippen molar-refractivity contribution < 1.29 is 19.5 Å². The normalized spacial score (nSPS) is 16.8. The highest BCUT2D eigenvalue weighted by molar-refractivity contribution is 6.01. The Hall–Kier alpha value is -3.09. The van der Waals surface area contributed by atoms with Crippen molar-refractivity contribution in [3.05, 3.63) is 42.0 Å². The Morgan fingerprint density at radius 2 is 1.96 bits per heavy atom. The fourth-order valence-electron chi connectivity index (χ4n) is 3.48. The lowest BCUT2D eigenvalue weighted by Gasteiger charge is -2.25. The summed E-state index contributed by atoms with van der Waals surface area (Å²) < 4.78 is 0. The van der Waals surface area contributed by atoms with E-state index in [2.05, 4.69) is 16.0 Å². The fourth-order valence-corrected chi connectivity index (χ4v) is 3.48. The summed E-state index contributed by atoms with van der Waals surface area (Å²) in [5, 5.41) is 19.0. The third-order valence-electron chi connectivity index (χ3n) is 4.68. The molecule has 2 aromatic carbocycles. The molecule has 1 aliphatic rings. The number of rotatable bonds is 4. The molecule has 3 amide bonds. The number of hydrogen-bond donors (Lipinski definition) is 4. The Morgan fingerprint density at radius 3 is 2.70 bits per heavy atom. The molecule has 0 bridgehead atoms. The van der Waals surface area contributed by atoms with Crippen molar-refractivity contribution in [3.63, 3.8) is 0 Å². The van der Waals surface area contributed by atoms with Crippen molar-refractivity contribution in [1.82, 2.24) is 10.6 Å². The Morgan fingerprint density at radius 1 is 1.22 bits per heavy atom. The second-order valence-electron chi connectivity index (χ2n) is 7.45. The molecule has 2 aromatic rings. The van der Waals surface area contributed by atoms with Crippen molar-refractivity contribution in [1.29, 1.82) is 0 Å². The van der Waals surface area contributed by atoms with Crippen LogP contribution >= 0.6 is 0 Å². The van der Waals surface area contributed by atoms with Crippen LogP contribution in [0.2, 0.25) is 0 Å². The third-order valence-corrected chi connectivity index (χ3v) is 4.68. The highest BCUT2D eigenvalue weighted by atomic mass is 16.4. The quantitative estimate of drug-likeness (QED) is 0.664. The Kier molecular flexibility index (Phi) is 5.03. The largest absolute Gasteiger partial charge is 0.465 e. The molecule has 7 nitrogen and oxygen atoms in total. The van der Waals surface area contributed by atoms with E-state index in [0.29, 0.717) is 12.8 Å². The van der Waals surface area contributed by atoms with E-state index in [1.54, 1.807) is 13.8 Å². The van der Waals surface area contributed by atoms with Crippen LogP contribution in [0.15, 0.2) is 36.4 Å². The highest BCUT2D eigenvalue weighted by Gasteiger charge is 2.29. The van der Waals surface area contributed by atoms with E-state index in [4.69, 9.17) is 5.11 Å². The molecule has 0 saturated carbocycles. The summed E-state index contributed by atoms with van der Waals surface area (Å²) in [6.07, 6.45) is -0.121. The van der Waals surface area contributed by atoms with Gasteiger partial charge in [0.2, 0.25) is 11.8 Å². The van der Waals surface area contributed by atoms with Crippen LogP contribution in [0.4, 0.5) is 10.5 Å². The van der Waals surface area contributed by atoms with Gasteiger partial charge in [0, 0.05) is 17.6 Å². The number of fused-ring (bicyclic) bond motifs is 3. The fraction of sp³-hybridized carbons (Fsp3) is 0.350. The molecular formula is C20H23N3O4. The molecule has 0 spiro atoms. The molecule has 3 rings (SSSR count). The van der Waals surface area contributed by atoms with Crippen LogP contribution in [0.3, 0.4) is 0 Å². The molecule has 1 atom stereocenters. The molecule has 0 aliphatic carbocycles. The van der Waals surface area contributed by atoms with Crippen molar-refractivity contribution >= 4 is 34.4 Å². The van der Waals surface area contributed by atoms with Crippen molar-refractivity contribution in [2.45, 2.75) is 44.7 Å². The molecule has 27 heavy (non-hydrogen) atoms. The molecule has 0 radical (unpaired) electrons. The lowest BCUT2D eigenvalue weighted by Crippen LogP contribution is -2.49. The van der Waals surface area contributed by atoms with Crippen molar-refractivity contribution in [3.8, 4) is 0 Å². The van der Waals surface area contributed by atoms with E-state index in [0.717, 1.165) is 22.0 Å². The first-order chi connectivity index (χ1) is 12.7. The number of aryl methyl sites for hydroxylation is 1. The van der Waals surface area contributed by atoms with Crippen LogP contribution in [-0.2, 0) is 16.0 Å². The van der Waals surface area contributed by atoms with Gasteiger partial charge in [-0.3, -0.25) is 9.59 Å². The summed E-state index contributed by atoms with van der Waals surface area (Å²) in [6, 6.07) is 11.2. The SMILES string of the molecule is CC(C)(CC(=O)NC1CCc2c(ccc3ccccc23)NC1=O)NC(=O)O. The molecule has 1 aliphatic heterocycles. The maximum atomic E-state index is 12.6. The van der Waals surface area contributed by atoms with E-state index in [9.17, 15) is 14.4 Å². The summed E-state index contributed by atoms with van der Waals surface area (Å²) in [7, 11) is 0. The van der Waals surface area contributed by atoms with Crippen molar-refractivity contribution in [2.24, 2.45) is 0 Å². The minimum Gasteiger partial charge on any atom is -0.465 e.